The van der Waals surface area contributed by atoms with Gasteiger partial charge in [0, 0.05) is 0 Å². The molecule has 2 aromatic carbocycles. The highest BCUT2D eigenvalue weighted by Crippen LogP contribution is 2.18. The third-order valence-electron chi connectivity index (χ3n) is 3.11. The Bertz CT molecular complexity index is 934. The van der Waals surface area contributed by atoms with Crippen LogP contribution in [0.3, 0.4) is 0 Å². The minimum absolute atomic E-state index is 0.0925. The van der Waals surface area contributed by atoms with E-state index >= 15 is 0 Å². The summed E-state index contributed by atoms with van der Waals surface area (Å²) in [6.07, 6.45) is 0. The van der Waals surface area contributed by atoms with Gasteiger partial charge in [-0.3, -0.25) is 0 Å². The zero-order valence-electron chi connectivity index (χ0n) is 10.7. The van der Waals surface area contributed by atoms with Crippen molar-refractivity contribution < 1.29 is 8.42 Å². The number of fused-ring (bicyclic) bond motifs is 1. The fraction of sp³-hybridized carbons (Fsp3) is 0.0714. The van der Waals surface area contributed by atoms with Gasteiger partial charge in [-0.1, -0.05) is 29.8 Å². The second-order valence-corrected chi connectivity index (χ2v) is 6.32. The predicted molar refractivity (Wildman–Crippen MR) is 76.3 cm³/mol. The number of aromatic nitrogens is 2. The van der Waals surface area contributed by atoms with Gasteiger partial charge in [-0.2, -0.15) is 3.97 Å². The number of nitrogens with zero attached hydrogens (tertiary/aromatic N) is 1. The lowest BCUT2D eigenvalue weighted by Crippen LogP contribution is -2.25. The van der Waals surface area contributed by atoms with E-state index in [4.69, 9.17) is 0 Å². The highest BCUT2D eigenvalue weighted by atomic mass is 32.2. The molecule has 5 nitrogen and oxygen atoms in total. The molecule has 0 atom stereocenters. The zero-order chi connectivity index (χ0) is 14.3. The number of para-hydroxylation sites is 2. The lowest BCUT2D eigenvalue weighted by molar-refractivity contribution is 0.587. The summed E-state index contributed by atoms with van der Waals surface area (Å²) in [5, 5.41) is 0. The molecule has 0 saturated carbocycles. The first-order valence-electron chi connectivity index (χ1n) is 6.02. The Hall–Kier alpha value is -2.34. The van der Waals surface area contributed by atoms with Gasteiger partial charge < -0.3 is 4.98 Å². The Balaban J connectivity index is 2.32. The zero-order valence-corrected chi connectivity index (χ0v) is 11.5. The van der Waals surface area contributed by atoms with E-state index < -0.39 is 15.7 Å². The summed E-state index contributed by atoms with van der Waals surface area (Å²) in [5.41, 5.74) is 1.13. The minimum atomic E-state index is -3.90. The molecule has 0 unspecified atom stereocenters. The van der Waals surface area contributed by atoms with Gasteiger partial charge in [-0.15, -0.1) is 0 Å². The summed E-state index contributed by atoms with van der Waals surface area (Å²) in [5.74, 6) is 0. The maximum absolute atomic E-state index is 12.6. The lowest BCUT2D eigenvalue weighted by atomic mass is 10.2. The summed E-state index contributed by atoms with van der Waals surface area (Å²) in [6.45, 7) is 1.87. The molecule has 1 aromatic heterocycles. The Morgan fingerprint density at radius 1 is 1.00 bits per heavy atom. The molecule has 0 saturated heterocycles. The van der Waals surface area contributed by atoms with Crippen LogP contribution in [0.4, 0.5) is 0 Å². The lowest BCUT2D eigenvalue weighted by Gasteiger charge is -2.06. The van der Waals surface area contributed by atoms with Gasteiger partial charge in [0.25, 0.3) is 10.0 Å². The van der Waals surface area contributed by atoms with Gasteiger partial charge in [0.05, 0.1) is 15.9 Å². The third kappa shape index (κ3) is 1.85. The average Bonchev–Trinajstić information content (AvgIpc) is 2.75. The first-order chi connectivity index (χ1) is 9.50. The van der Waals surface area contributed by atoms with Gasteiger partial charge in [0.2, 0.25) is 0 Å². The second-order valence-electron chi connectivity index (χ2n) is 4.53. The summed E-state index contributed by atoms with van der Waals surface area (Å²) >= 11 is 0. The largest absolute Gasteiger partial charge is 0.340 e. The molecule has 0 aliphatic rings. The van der Waals surface area contributed by atoms with Crippen molar-refractivity contribution in [3.8, 4) is 0 Å². The van der Waals surface area contributed by atoms with Crippen LogP contribution in [0.15, 0.2) is 58.2 Å². The van der Waals surface area contributed by atoms with Crippen LogP contribution in [-0.4, -0.2) is 17.4 Å². The molecule has 3 rings (SSSR count). The third-order valence-corrected chi connectivity index (χ3v) is 4.82. The van der Waals surface area contributed by atoms with Crippen molar-refractivity contribution in [1.29, 1.82) is 0 Å². The average molecular weight is 288 g/mol. The Morgan fingerprint density at radius 2 is 1.65 bits per heavy atom. The quantitative estimate of drug-likeness (QED) is 0.782. The van der Waals surface area contributed by atoms with Gasteiger partial charge in [0.1, 0.15) is 0 Å². The molecule has 0 aliphatic heterocycles. The van der Waals surface area contributed by atoms with E-state index in [2.05, 4.69) is 4.98 Å². The van der Waals surface area contributed by atoms with Gasteiger partial charge in [0.15, 0.2) is 0 Å². The number of hydrogen-bond acceptors (Lipinski definition) is 3. The second kappa shape index (κ2) is 4.35. The van der Waals surface area contributed by atoms with Crippen molar-refractivity contribution in [2.24, 2.45) is 0 Å². The topological polar surface area (TPSA) is 71.9 Å². The first kappa shape index (κ1) is 12.7. The normalized spacial score (nSPS) is 11.8. The van der Waals surface area contributed by atoms with Gasteiger partial charge in [-0.05, 0) is 31.2 Å². The molecule has 20 heavy (non-hydrogen) atoms. The summed E-state index contributed by atoms with van der Waals surface area (Å²) in [4.78, 5) is 14.6. The van der Waals surface area contributed by atoms with Crippen molar-refractivity contribution in [2.45, 2.75) is 11.8 Å². The molecule has 0 spiro atoms. The van der Waals surface area contributed by atoms with Crippen LogP contribution in [0.25, 0.3) is 11.0 Å². The van der Waals surface area contributed by atoms with Crippen LogP contribution in [0.5, 0.6) is 0 Å². The summed E-state index contributed by atoms with van der Waals surface area (Å²) in [7, 11) is -3.90. The molecule has 0 bridgehead atoms. The SMILES string of the molecule is Cc1ccc(S(=O)(=O)n2c(=O)[nH]c3ccccc32)cc1. The molecule has 1 heterocycles. The summed E-state index contributed by atoms with van der Waals surface area (Å²) in [6, 6.07) is 13.1. The van der Waals surface area contributed by atoms with E-state index in [0.29, 0.717) is 11.0 Å². The molecule has 3 aromatic rings. The van der Waals surface area contributed by atoms with Crippen molar-refractivity contribution >= 4 is 21.1 Å². The number of rotatable bonds is 2. The highest BCUT2D eigenvalue weighted by Gasteiger charge is 2.22. The highest BCUT2D eigenvalue weighted by molar-refractivity contribution is 7.90. The van der Waals surface area contributed by atoms with E-state index in [-0.39, 0.29) is 4.90 Å². The molecular formula is C14H12N2O3S. The van der Waals surface area contributed by atoms with Crippen molar-refractivity contribution in [2.75, 3.05) is 0 Å². The van der Waals surface area contributed by atoms with Crippen LogP contribution in [-0.2, 0) is 10.0 Å². The first-order valence-corrected chi connectivity index (χ1v) is 7.46. The molecule has 1 N–H and O–H groups in total. The molecule has 0 amide bonds. The molecule has 102 valence electrons. The van der Waals surface area contributed by atoms with Crippen LogP contribution < -0.4 is 5.69 Å². The van der Waals surface area contributed by atoms with Crippen molar-refractivity contribution in [3.05, 3.63) is 64.6 Å². The Kier molecular flexibility index (Phi) is 2.76. The van der Waals surface area contributed by atoms with E-state index in [9.17, 15) is 13.2 Å². The molecule has 6 heteroatoms. The number of benzene rings is 2. The van der Waals surface area contributed by atoms with Gasteiger partial charge >= 0.3 is 5.69 Å². The number of hydrogen-bond donors (Lipinski definition) is 1. The number of nitrogens with one attached hydrogen (secondary N) is 1. The molecule has 0 radical (unpaired) electrons. The van der Waals surface area contributed by atoms with Crippen LogP contribution in [0, 0.1) is 6.92 Å². The molecule has 0 aliphatic carbocycles. The summed E-state index contributed by atoms with van der Waals surface area (Å²) < 4.78 is 26.0. The van der Waals surface area contributed by atoms with Crippen LogP contribution in [0.2, 0.25) is 0 Å². The Morgan fingerprint density at radius 3 is 2.35 bits per heavy atom. The minimum Gasteiger partial charge on any atom is -0.305 e. The van der Waals surface area contributed by atoms with Crippen molar-refractivity contribution in [1.82, 2.24) is 8.96 Å². The fourth-order valence-electron chi connectivity index (χ4n) is 2.09. The van der Waals surface area contributed by atoms with Crippen molar-refractivity contribution in [3.63, 3.8) is 0 Å². The number of H-pyrrole nitrogens is 1. The number of imidazole rings is 1. The molecule has 0 fully saturated rings. The van der Waals surface area contributed by atoms with Crippen LogP contribution in [0.1, 0.15) is 5.56 Å². The van der Waals surface area contributed by atoms with Crippen LogP contribution >= 0.6 is 0 Å². The van der Waals surface area contributed by atoms with Gasteiger partial charge in [-0.25, -0.2) is 13.2 Å². The fourth-order valence-corrected chi connectivity index (χ4v) is 3.46. The maximum atomic E-state index is 12.6. The monoisotopic (exact) mass is 288 g/mol. The standard InChI is InChI=1S/C14H12N2O3S/c1-10-6-8-11(9-7-10)20(18,19)16-13-5-3-2-4-12(13)15-14(16)17/h2-9H,1H3,(H,15,17). The number of aryl methyl sites for hydroxylation is 1. The van der Waals surface area contributed by atoms with E-state index in [1.165, 1.54) is 12.1 Å². The predicted octanol–water partition coefficient (Wildman–Crippen LogP) is 1.88. The van der Waals surface area contributed by atoms with E-state index in [0.717, 1.165) is 9.54 Å². The molecular weight excluding hydrogens is 276 g/mol. The van der Waals surface area contributed by atoms with E-state index in [1.54, 1.807) is 36.4 Å². The smallest absolute Gasteiger partial charge is 0.305 e. The Labute approximate surface area is 115 Å². The number of aromatic amines is 1. The maximum Gasteiger partial charge on any atom is 0.340 e. The van der Waals surface area contributed by atoms with E-state index in [1.807, 2.05) is 6.92 Å².